The van der Waals surface area contributed by atoms with Crippen molar-refractivity contribution in [2.45, 2.75) is 44.2 Å². The van der Waals surface area contributed by atoms with Gasteiger partial charge in [0.25, 0.3) is 0 Å². The number of halogens is 2. The number of nitrogens with one attached hydrogen (secondary N) is 1. The summed E-state index contributed by atoms with van der Waals surface area (Å²) < 4.78 is 38.0. The summed E-state index contributed by atoms with van der Waals surface area (Å²) >= 11 is 0. The molecule has 2 aliphatic rings. The van der Waals surface area contributed by atoms with Gasteiger partial charge in [-0.2, -0.15) is 15.0 Å². The van der Waals surface area contributed by atoms with Crippen LogP contribution in [0, 0.1) is 11.6 Å². The lowest BCUT2D eigenvalue weighted by atomic mass is 10.0. The molecule has 29 heavy (non-hydrogen) atoms. The van der Waals surface area contributed by atoms with Gasteiger partial charge in [0.1, 0.15) is 6.10 Å². The van der Waals surface area contributed by atoms with E-state index in [-0.39, 0.29) is 12.1 Å². The quantitative estimate of drug-likeness (QED) is 0.816. The molecule has 1 N–H and O–H groups in total. The molecule has 0 spiro atoms. The maximum absolute atomic E-state index is 13.7. The van der Waals surface area contributed by atoms with Crippen LogP contribution in [0.25, 0.3) is 0 Å². The number of benzene rings is 1. The van der Waals surface area contributed by atoms with E-state index in [2.05, 4.69) is 25.2 Å². The fraction of sp³-hybridized carbons (Fsp3) is 0.550. The molecule has 0 aliphatic carbocycles. The number of methoxy groups -OCH3 is 1. The van der Waals surface area contributed by atoms with Crippen molar-refractivity contribution in [3.8, 4) is 6.01 Å². The van der Waals surface area contributed by atoms with Gasteiger partial charge in [-0.25, -0.2) is 8.78 Å². The summed E-state index contributed by atoms with van der Waals surface area (Å²) in [4.78, 5) is 15.5. The molecular weight excluding hydrogens is 380 g/mol. The van der Waals surface area contributed by atoms with E-state index < -0.39 is 17.7 Å². The first kappa shape index (κ1) is 19.8. The summed E-state index contributed by atoms with van der Waals surface area (Å²) in [6.45, 7) is 2.30. The molecule has 1 aromatic carbocycles. The van der Waals surface area contributed by atoms with Crippen LogP contribution in [0.1, 0.15) is 43.8 Å². The van der Waals surface area contributed by atoms with E-state index in [1.807, 2.05) is 0 Å². The molecular formula is C20H25F2N5O2. The van der Waals surface area contributed by atoms with Crippen LogP contribution < -0.4 is 15.0 Å². The molecule has 2 aliphatic heterocycles. The molecule has 2 unspecified atom stereocenters. The van der Waals surface area contributed by atoms with Crippen LogP contribution in [0.4, 0.5) is 20.7 Å². The lowest BCUT2D eigenvalue weighted by Gasteiger charge is -2.23. The Kier molecular flexibility index (Phi) is 6.03. The Hall–Kier alpha value is -2.55. The third-order valence-corrected chi connectivity index (χ3v) is 5.35. The Morgan fingerprint density at radius 3 is 2.59 bits per heavy atom. The standard InChI is InChI=1S/C20H25F2N5O2/c1-28-20-25-18(24-19(26-20)27-9-4-2-3-5-10-27)23-16-8-11-29-17(16)13-6-7-14(21)15(22)12-13/h6-7,12,16-17H,2-5,8-11H2,1H3,(H,23,24,25,26). The van der Waals surface area contributed by atoms with Crippen molar-refractivity contribution in [3.63, 3.8) is 0 Å². The number of hydrogen-bond donors (Lipinski definition) is 1. The van der Waals surface area contributed by atoms with Gasteiger partial charge in [0.15, 0.2) is 11.6 Å². The van der Waals surface area contributed by atoms with Gasteiger partial charge in [-0.05, 0) is 37.0 Å². The first-order valence-electron chi connectivity index (χ1n) is 10.0. The second-order valence-corrected chi connectivity index (χ2v) is 7.35. The molecule has 7 nitrogen and oxygen atoms in total. The number of rotatable bonds is 5. The second kappa shape index (κ2) is 8.86. The van der Waals surface area contributed by atoms with Gasteiger partial charge in [0.05, 0.1) is 13.2 Å². The van der Waals surface area contributed by atoms with Crippen LogP contribution in [0.3, 0.4) is 0 Å². The van der Waals surface area contributed by atoms with E-state index >= 15 is 0 Å². The second-order valence-electron chi connectivity index (χ2n) is 7.35. The van der Waals surface area contributed by atoms with Crippen molar-refractivity contribution >= 4 is 11.9 Å². The van der Waals surface area contributed by atoms with Crippen molar-refractivity contribution in [3.05, 3.63) is 35.4 Å². The molecule has 0 amide bonds. The van der Waals surface area contributed by atoms with E-state index in [0.29, 0.717) is 30.5 Å². The maximum atomic E-state index is 13.7. The zero-order chi connectivity index (χ0) is 20.2. The zero-order valence-electron chi connectivity index (χ0n) is 16.4. The van der Waals surface area contributed by atoms with E-state index in [9.17, 15) is 8.78 Å². The van der Waals surface area contributed by atoms with E-state index in [4.69, 9.17) is 9.47 Å². The highest BCUT2D eigenvalue weighted by atomic mass is 19.2. The predicted molar refractivity (Wildman–Crippen MR) is 104 cm³/mol. The van der Waals surface area contributed by atoms with Gasteiger partial charge in [0, 0.05) is 19.7 Å². The molecule has 2 atom stereocenters. The minimum atomic E-state index is -0.887. The molecule has 156 valence electrons. The minimum Gasteiger partial charge on any atom is -0.467 e. The van der Waals surface area contributed by atoms with Crippen LogP contribution in [-0.2, 0) is 4.74 Å². The third kappa shape index (κ3) is 4.55. The number of aromatic nitrogens is 3. The highest BCUT2D eigenvalue weighted by Crippen LogP contribution is 2.32. The van der Waals surface area contributed by atoms with Gasteiger partial charge in [-0.1, -0.05) is 18.9 Å². The topological polar surface area (TPSA) is 72.4 Å². The fourth-order valence-electron chi connectivity index (χ4n) is 3.83. The molecule has 2 saturated heterocycles. The molecule has 2 fully saturated rings. The Morgan fingerprint density at radius 1 is 1.07 bits per heavy atom. The van der Waals surface area contributed by atoms with E-state index in [1.165, 1.54) is 26.0 Å². The van der Waals surface area contributed by atoms with Crippen molar-refractivity contribution < 1.29 is 18.3 Å². The average Bonchev–Trinajstić information content (AvgIpc) is 3.01. The average molecular weight is 405 g/mol. The van der Waals surface area contributed by atoms with Crippen LogP contribution >= 0.6 is 0 Å². The molecule has 0 bridgehead atoms. The Labute approximate surface area is 168 Å². The van der Waals surface area contributed by atoms with Crippen LogP contribution in [0.15, 0.2) is 18.2 Å². The van der Waals surface area contributed by atoms with Gasteiger partial charge >= 0.3 is 6.01 Å². The molecule has 3 heterocycles. The number of ether oxygens (including phenoxy) is 2. The number of anilines is 2. The molecule has 1 aromatic heterocycles. The summed E-state index contributed by atoms with van der Waals surface area (Å²) in [6.07, 6.45) is 4.89. The molecule has 0 radical (unpaired) electrons. The van der Waals surface area contributed by atoms with Crippen molar-refractivity contribution in [1.82, 2.24) is 15.0 Å². The number of hydrogen-bond acceptors (Lipinski definition) is 7. The monoisotopic (exact) mass is 405 g/mol. The summed E-state index contributed by atoms with van der Waals surface area (Å²) in [5, 5.41) is 3.28. The largest absolute Gasteiger partial charge is 0.467 e. The third-order valence-electron chi connectivity index (χ3n) is 5.35. The van der Waals surface area contributed by atoms with Crippen LogP contribution in [-0.4, -0.2) is 47.8 Å². The summed E-state index contributed by atoms with van der Waals surface area (Å²) in [6, 6.07) is 3.90. The SMILES string of the molecule is COc1nc(NC2CCOC2c2ccc(F)c(F)c2)nc(N2CCCCCC2)n1. The Bertz CT molecular complexity index is 846. The Morgan fingerprint density at radius 2 is 1.86 bits per heavy atom. The highest BCUT2D eigenvalue weighted by Gasteiger charge is 2.31. The first-order valence-corrected chi connectivity index (χ1v) is 10.0. The summed E-state index contributed by atoms with van der Waals surface area (Å²) in [5.41, 5.74) is 0.577. The molecule has 4 rings (SSSR count). The highest BCUT2D eigenvalue weighted by molar-refractivity contribution is 5.40. The lowest BCUT2D eigenvalue weighted by Crippen LogP contribution is -2.28. The maximum Gasteiger partial charge on any atom is 0.322 e. The molecule has 9 heteroatoms. The lowest BCUT2D eigenvalue weighted by molar-refractivity contribution is 0.107. The van der Waals surface area contributed by atoms with Gasteiger partial charge < -0.3 is 19.7 Å². The van der Waals surface area contributed by atoms with E-state index in [0.717, 1.165) is 32.0 Å². The zero-order valence-corrected chi connectivity index (χ0v) is 16.4. The Balaban J connectivity index is 1.55. The normalized spacial score (nSPS) is 22.4. The van der Waals surface area contributed by atoms with E-state index in [1.54, 1.807) is 6.07 Å². The smallest absolute Gasteiger partial charge is 0.322 e. The molecule has 2 aromatic rings. The van der Waals surface area contributed by atoms with Crippen molar-refractivity contribution in [2.75, 3.05) is 37.0 Å². The summed E-state index contributed by atoms with van der Waals surface area (Å²) in [5.74, 6) is -0.786. The van der Waals surface area contributed by atoms with Gasteiger partial charge in [0.2, 0.25) is 11.9 Å². The van der Waals surface area contributed by atoms with Crippen LogP contribution in [0.5, 0.6) is 6.01 Å². The first-order chi connectivity index (χ1) is 14.1. The fourth-order valence-corrected chi connectivity index (χ4v) is 3.83. The predicted octanol–water partition coefficient (Wildman–Crippen LogP) is 3.48. The number of nitrogens with zero attached hydrogens (tertiary/aromatic N) is 4. The minimum absolute atomic E-state index is 0.177. The van der Waals surface area contributed by atoms with Gasteiger partial charge in [-0.15, -0.1) is 0 Å². The van der Waals surface area contributed by atoms with Crippen LogP contribution in [0.2, 0.25) is 0 Å². The van der Waals surface area contributed by atoms with Crippen molar-refractivity contribution in [1.29, 1.82) is 0 Å². The summed E-state index contributed by atoms with van der Waals surface area (Å²) in [7, 11) is 1.52. The van der Waals surface area contributed by atoms with Crippen molar-refractivity contribution in [2.24, 2.45) is 0 Å². The molecule has 0 saturated carbocycles. The van der Waals surface area contributed by atoms with Gasteiger partial charge in [-0.3, -0.25) is 0 Å².